The largest absolute Gasteiger partial charge is 0.464 e. The van der Waals surface area contributed by atoms with Crippen molar-refractivity contribution < 1.29 is 9.53 Å². The summed E-state index contributed by atoms with van der Waals surface area (Å²) in [7, 11) is 0. The van der Waals surface area contributed by atoms with Crippen LogP contribution < -0.4 is 4.90 Å². The second-order valence-corrected chi connectivity index (χ2v) is 11.5. The number of aromatic nitrogens is 1. The van der Waals surface area contributed by atoms with Crippen LogP contribution in [0.1, 0.15) is 53.8 Å². The highest BCUT2D eigenvalue weighted by molar-refractivity contribution is 7.80. The van der Waals surface area contributed by atoms with Crippen molar-refractivity contribution in [1.29, 1.82) is 0 Å². The van der Waals surface area contributed by atoms with Crippen molar-refractivity contribution in [2.24, 2.45) is 5.41 Å². The molecule has 1 aromatic heterocycles. The molecule has 0 aliphatic carbocycles. The molecule has 6 heteroatoms. The van der Waals surface area contributed by atoms with Gasteiger partial charge in [0.2, 0.25) is 0 Å². The highest BCUT2D eigenvalue weighted by Crippen LogP contribution is 2.57. The van der Waals surface area contributed by atoms with Crippen LogP contribution in [-0.2, 0) is 11.2 Å². The van der Waals surface area contributed by atoms with Gasteiger partial charge in [0.1, 0.15) is 6.61 Å². The molecule has 0 spiro atoms. The Labute approximate surface area is 240 Å². The van der Waals surface area contributed by atoms with Gasteiger partial charge in [0.05, 0.1) is 22.9 Å². The third-order valence-corrected chi connectivity index (χ3v) is 9.39. The number of piperidine rings is 1. The molecule has 1 fully saturated rings. The number of carbonyl (C=O) groups is 1. The number of ether oxygens (including phenoxy) is 1. The number of hydrogen-bond donors (Lipinski definition) is 0. The minimum absolute atomic E-state index is 0.0666. The van der Waals surface area contributed by atoms with Crippen LogP contribution in [0.2, 0.25) is 0 Å². The van der Waals surface area contributed by atoms with Crippen molar-refractivity contribution in [3.05, 3.63) is 108 Å². The first-order valence-corrected chi connectivity index (χ1v) is 14.7. The van der Waals surface area contributed by atoms with Gasteiger partial charge in [-0.15, -0.1) is 0 Å². The third kappa shape index (κ3) is 3.93. The van der Waals surface area contributed by atoms with Crippen LogP contribution in [0.5, 0.6) is 0 Å². The predicted molar refractivity (Wildman–Crippen MR) is 164 cm³/mol. The normalized spacial score (nSPS) is 21.4. The van der Waals surface area contributed by atoms with Crippen molar-refractivity contribution in [1.82, 2.24) is 9.47 Å². The number of anilines is 1. The second-order valence-electron chi connectivity index (χ2n) is 11.1. The van der Waals surface area contributed by atoms with Crippen molar-refractivity contribution in [2.45, 2.75) is 38.6 Å². The van der Waals surface area contributed by atoms with Gasteiger partial charge >= 0.3 is 0 Å². The highest BCUT2D eigenvalue weighted by Gasteiger charge is 2.50. The summed E-state index contributed by atoms with van der Waals surface area (Å²) < 4.78 is 8.84. The van der Waals surface area contributed by atoms with E-state index in [0.717, 1.165) is 31.6 Å². The molecule has 202 valence electrons. The van der Waals surface area contributed by atoms with E-state index in [4.69, 9.17) is 17.0 Å². The third-order valence-electron chi connectivity index (χ3n) is 9.09. The zero-order valence-corrected chi connectivity index (χ0v) is 23.6. The molecule has 3 aromatic carbocycles. The van der Waals surface area contributed by atoms with Gasteiger partial charge in [-0.3, -0.25) is 9.69 Å². The van der Waals surface area contributed by atoms with E-state index in [1.807, 2.05) is 60.7 Å². The summed E-state index contributed by atoms with van der Waals surface area (Å²) in [6.07, 6.45) is 7.00. The topological polar surface area (TPSA) is 37.7 Å². The van der Waals surface area contributed by atoms with Crippen LogP contribution in [-0.4, -0.2) is 40.2 Å². The van der Waals surface area contributed by atoms with E-state index in [1.54, 1.807) is 0 Å². The lowest BCUT2D eigenvalue weighted by Gasteiger charge is -2.53. The summed E-state index contributed by atoms with van der Waals surface area (Å²) >= 11 is 5.84. The first-order valence-electron chi connectivity index (χ1n) is 14.3. The first-order chi connectivity index (χ1) is 19.6. The molecular formula is C34H33N3O2S. The lowest BCUT2D eigenvalue weighted by atomic mass is 9.66. The SMILES string of the molecule is CC[C@@]12C=C(COC(=S)N(C(=O)c3ccccc3)c3ccccc3)n3c4c(c5ccccc53)CCN(CCC1)[C@H]42. The Hall–Kier alpha value is -3.74. The van der Waals surface area contributed by atoms with E-state index in [0.29, 0.717) is 23.9 Å². The van der Waals surface area contributed by atoms with Crippen LogP contribution in [0.15, 0.2) is 91.0 Å². The Morgan fingerprint density at radius 1 is 1.00 bits per heavy atom. The average Bonchev–Trinajstić information content (AvgIpc) is 3.35. The Kier molecular flexibility index (Phi) is 6.32. The van der Waals surface area contributed by atoms with Gasteiger partial charge in [-0.25, -0.2) is 4.90 Å². The van der Waals surface area contributed by atoms with Crippen molar-refractivity contribution in [2.75, 3.05) is 24.6 Å². The molecule has 2 atom stereocenters. The molecule has 0 unspecified atom stereocenters. The van der Waals surface area contributed by atoms with Gasteiger partial charge in [-0.2, -0.15) is 0 Å². The minimum Gasteiger partial charge on any atom is -0.464 e. The number of hydrogen-bond acceptors (Lipinski definition) is 4. The summed E-state index contributed by atoms with van der Waals surface area (Å²) in [5, 5.41) is 1.50. The standard InChI is InChI=1S/C34H33N3O2S/c1-2-34-19-11-20-35-21-18-28-27-16-9-10-17-29(27)36(30(28)31(34)35)26(22-34)23-39-33(40)37(25-14-7-4-8-15-25)32(38)24-12-5-3-6-13-24/h3-10,12-17,22,31H,2,11,18-21,23H2,1H3/t31-,34+/m1/s1. The second kappa shape index (κ2) is 10.0. The molecular weight excluding hydrogens is 514 g/mol. The number of thiocarbonyl (C=S) groups is 1. The number of para-hydroxylation sites is 2. The lowest BCUT2D eigenvalue weighted by Crippen LogP contribution is -2.51. The summed E-state index contributed by atoms with van der Waals surface area (Å²) in [6, 6.07) is 27.9. The zero-order valence-electron chi connectivity index (χ0n) is 22.8. The van der Waals surface area contributed by atoms with E-state index >= 15 is 0 Å². The maximum absolute atomic E-state index is 13.7. The van der Waals surface area contributed by atoms with Crippen molar-refractivity contribution in [3.63, 3.8) is 0 Å². The van der Waals surface area contributed by atoms with Crippen molar-refractivity contribution >= 4 is 45.6 Å². The van der Waals surface area contributed by atoms with E-state index in [9.17, 15) is 4.79 Å². The molecule has 4 heterocycles. The predicted octanol–water partition coefficient (Wildman–Crippen LogP) is 7.23. The number of carbonyl (C=O) groups excluding carboxylic acids is 1. The summed E-state index contributed by atoms with van der Waals surface area (Å²) in [5.41, 5.74) is 6.58. The molecule has 5 nitrogen and oxygen atoms in total. The molecule has 0 N–H and O–H groups in total. The highest BCUT2D eigenvalue weighted by atomic mass is 32.1. The molecule has 4 aromatic rings. The molecule has 1 amide bonds. The van der Waals surface area contributed by atoms with E-state index < -0.39 is 0 Å². The molecule has 3 aliphatic heterocycles. The van der Waals surface area contributed by atoms with Gasteiger partial charge in [0.25, 0.3) is 11.1 Å². The lowest BCUT2D eigenvalue weighted by molar-refractivity contribution is 0.0264. The van der Waals surface area contributed by atoms with E-state index in [2.05, 4.69) is 46.7 Å². The van der Waals surface area contributed by atoms with E-state index in [1.165, 1.54) is 39.9 Å². The molecule has 0 saturated carbocycles. The maximum atomic E-state index is 13.7. The molecule has 0 radical (unpaired) electrons. The fourth-order valence-electron chi connectivity index (χ4n) is 7.29. The average molecular weight is 548 g/mol. The van der Waals surface area contributed by atoms with Gasteiger partial charge in [0, 0.05) is 28.6 Å². The first kappa shape index (κ1) is 25.2. The summed E-state index contributed by atoms with van der Waals surface area (Å²) in [5.74, 6) is -0.203. The fraction of sp³-hybridized carbons (Fsp3) is 0.294. The van der Waals surface area contributed by atoms with Crippen LogP contribution in [0.25, 0.3) is 16.6 Å². The zero-order chi connectivity index (χ0) is 27.3. The quantitative estimate of drug-likeness (QED) is 0.247. The Balaban J connectivity index is 1.28. The minimum atomic E-state index is -0.203. The van der Waals surface area contributed by atoms with E-state index in [-0.39, 0.29) is 16.5 Å². The molecule has 3 aliphatic rings. The smallest absolute Gasteiger partial charge is 0.271 e. The monoisotopic (exact) mass is 547 g/mol. The molecule has 1 saturated heterocycles. The number of fused-ring (bicyclic) bond motifs is 3. The summed E-state index contributed by atoms with van der Waals surface area (Å²) in [4.78, 5) is 17.9. The summed E-state index contributed by atoms with van der Waals surface area (Å²) in [6.45, 7) is 4.89. The van der Waals surface area contributed by atoms with Crippen LogP contribution in [0, 0.1) is 5.41 Å². The Morgan fingerprint density at radius 3 is 2.50 bits per heavy atom. The maximum Gasteiger partial charge on any atom is 0.271 e. The number of amides is 1. The fourth-order valence-corrected chi connectivity index (χ4v) is 7.53. The number of rotatable bonds is 5. The Bertz CT molecular complexity index is 1630. The van der Waals surface area contributed by atoms with Crippen molar-refractivity contribution in [3.8, 4) is 0 Å². The number of benzene rings is 3. The molecule has 40 heavy (non-hydrogen) atoms. The van der Waals surface area contributed by atoms with Gasteiger partial charge in [-0.05, 0) is 80.3 Å². The molecule has 7 rings (SSSR count). The van der Waals surface area contributed by atoms with Crippen LogP contribution >= 0.6 is 12.2 Å². The van der Waals surface area contributed by atoms with Gasteiger partial charge < -0.3 is 9.30 Å². The molecule has 0 bridgehead atoms. The van der Waals surface area contributed by atoms with Crippen LogP contribution in [0.4, 0.5) is 5.69 Å². The Morgan fingerprint density at radius 2 is 1.73 bits per heavy atom. The number of nitrogens with zero attached hydrogens (tertiary/aromatic N) is 3. The van der Waals surface area contributed by atoms with Gasteiger partial charge in [0.15, 0.2) is 0 Å². The van der Waals surface area contributed by atoms with Gasteiger partial charge in [-0.1, -0.05) is 67.6 Å². The van der Waals surface area contributed by atoms with Crippen LogP contribution in [0.3, 0.4) is 0 Å².